The van der Waals surface area contributed by atoms with Crippen LogP contribution in [0.15, 0.2) is 42.1 Å². The molecule has 0 saturated carbocycles. The van der Waals surface area contributed by atoms with Gasteiger partial charge in [-0.05, 0) is 55.9 Å². The average Bonchev–Trinajstić information content (AvgIpc) is 3.12. The summed E-state index contributed by atoms with van der Waals surface area (Å²) < 4.78 is 18.0. The summed E-state index contributed by atoms with van der Waals surface area (Å²) in [7, 11) is -0.539. The van der Waals surface area contributed by atoms with Crippen molar-refractivity contribution in [3.63, 3.8) is 0 Å². The van der Waals surface area contributed by atoms with Crippen molar-refractivity contribution in [2.75, 3.05) is 13.2 Å². The summed E-state index contributed by atoms with van der Waals surface area (Å²) in [4.78, 5) is 27.1. The molecule has 0 N–H and O–H groups in total. The van der Waals surface area contributed by atoms with Crippen LogP contribution in [0, 0.1) is 5.92 Å². The lowest BCUT2D eigenvalue weighted by Gasteiger charge is -2.38. The number of amides is 1. The molecule has 1 heterocycles. The highest BCUT2D eigenvalue weighted by Gasteiger charge is 2.44. The molecule has 0 bridgehead atoms. The molecule has 2 unspecified atom stereocenters. The van der Waals surface area contributed by atoms with E-state index in [9.17, 15) is 9.59 Å². The van der Waals surface area contributed by atoms with Crippen LogP contribution >= 0.6 is 0 Å². The van der Waals surface area contributed by atoms with Gasteiger partial charge in [-0.1, -0.05) is 52.0 Å². The molecule has 0 aromatic heterocycles. The van der Waals surface area contributed by atoms with Crippen LogP contribution in [0.25, 0.3) is 0 Å². The van der Waals surface area contributed by atoms with E-state index < -0.39 is 7.12 Å². The second-order valence-corrected chi connectivity index (χ2v) is 11.0. The first-order valence-electron chi connectivity index (χ1n) is 12.6. The molecule has 1 aromatic rings. The first kappa shape index (κ1) is 27.2. The summed E-state index contributed by atoms with van der Waals surface area (Å²) in [5.41, 5.74) is 3.37. The van der Waals surface area contributed by atoms with Crippen LogP contribution in [-0.2, 0) is 30.8 Å². The Morgan fingerprint density at radius 3 is 2.49 bits per heavy atom. The van der Waals surface area contributed by atoms with Crippen molar-refractivity contribution in [3.8, 4) is 0 Å². The Balaban J connectivity index is 1.95. The number of rotatable bonds is 9. The van der Waals surface area contributed by atoms with Gasteiger partial charge in [0.1, 0.15) is 0 Å². The fourth-order valence-electron chi connectivity index (χ4n) is 4.49. The highest BCUT2D eigenvalue weighted by Crippen LogP contribution is 2.41. The summed E-state index contributed by atoms with van der Waals surface area (Å²) >= 11 is 0. The number of fused-ring (bicyclic) bond motifs is 1. The van der Waals surface area contributed by atoms with Crippen molar-refractivity contribution >= 4 is 19.0 Å². The average molecular weight is 481 g/mol. The second kappa shape index (κ2) is 10.7. The van der Waals surface area contributed by atoms with E-state index in [1.807, 2.05) is 56.0 Å². The fourth-order valence-corrected chi connectivity index (χ4v) is 4.49. The van der Waals surface area contributed by atoms with E-state index in [1.165, 1.54) is 12.5 Å². The van der Waals surface area contributed by atoms with Gasteiger partial charge in [-0.2, -0.15) is 0 Å². The van der Waals surface area contributed by atoms with Gasteiger partial charge in [0.2, 0.25) is 0 Å². The minimum Gasteiger partial charge on any atom is -0.465 e. The number of nitrogens with zero attached hydrogens (tertiary/aromatic N) is 1. The Kier molecular flexibility index (Phi) is 8.33. The number of allylic oxidation sites excluding steroid dienone is 3. The lowest BCUT2D eigenvalue weighted by Crippen LogP contribution is -2.44. The third kappa shape index (κ3) is 6.25. The molecule has 0 fully saturated rings. The molecule has 7 heteroatoms. The number of benzene rings is 1. The van der Waals surface area contributed by atoms with Gasteiger partial charge in [-0.25, -0.2) is 0 Å². The lowest BCUT2D eigenvalue weighted by atomic mass is 9.61. The molecule has 0 saturated heterocycles. The summed E-state index contributed by atoms with van der Waals surface area (Å²) in [5, 5.41) is 0. The van der Waals surface area contributed by atoms with Crippen LogP contribution < -0.4 is 0 Å². The third-order valence-corrected chi connectivity index (χ3v) is 6.93. The van der Waals surface area contributed by atoms with Crippen molar-refractivity contribution in [2.45, 2.75) is 85.2 Å². The second-order valence-electron chi connectivity index (χ2n) is 11.0. The van der Waals surface area contributed by atoms with E-state index >= 15 is 0 Å². The van der Waals surface area contributed by atoms with Crippen LogP contribution in [0.3, 0.4) is 0 Å². The number of ether oxygens (including phenoxy) is 1. The van der Waals surface area contributed by atoms with Gasteiger partial charge < -0.3 is 18.9 Å². The number of carbonyl (C=O) groups excluding carboxylic acids is 2. The minimum absolute atomic E-state index is 0.00453. The molecule has 0 spiro atoms. The molecule has 1 aliphatic heterocycles. The molecule has 1 amide bonds. The highest BCUT2D eigenvalue weighted by atomic mass is 16.6. The molecule has 0 radical (unpaired) electrons. The Hall–Kier alpha value is -2.38. The molecule has 2 aliphatic rings. The lowest BCUT2D eigenvalue weighted by molar-refractivity contribution is -0.142. The smallest absolute Gasteiger partial charge is 0.465 e. The normalized spacial score (nSPS) is 20.1. The van der Waals surface area contributed by atoms with Gasteiger partial charge in [0.25, 0.3) is 5.91 Å². The van der Waals surface area contributed by atoms with Gasteiger partial charge in [0.05, 0.1) is 13.2 Å². The Bertz CT molecular complexity index is 1010. The van der Waals surface area contributed by atoms with Crippen molar-refractivity contribution in [3.05, 3.63) is 58.8 Å². The monoisotopic (exact) mass is 481 g/mol. The maximum Gasteiger partial charge on any atom is 0.465 e. The predicted octanol–water partition coefficient (Wildman–Crippen LogP) is 5.67. The van der Waals surface area contributed by atoms with Crippen molar-refractivity contribution in [1.82, 2.24) is 4.90 Å². The van der Waals surface area contributed by atoms with Crippen LogP contribution in [0.4, 0.5) is 0 Å². The molecule has 35 heavy (non-hydrogen) atoms. The van der Waals surface area contributed by atoms with Crippen molar-refractivity contribution < 1.29 is 23.6 Å². The zero-order valence-electron chi connectivity index (χ0n) is 22.5. The minimum atomic E-state index is -0.539. The maximum absolute atomic E-state index is 13.5. The van der Waals surface area contributed by atoms with E-state index in [2.05, 4.69) is 33.8 Å². The summed E-state index contributed by atoms with van der Waals surface area (Å²) in [5.74, 6) is -0.891. The SMILES string of the molecule is CCOB(OC(C)(C)CC)C1C=CC=C(N2Cc3cc(C(C)(C)C)ccc3C2=O)C1COC(C)=O. The van der Waals surface area contributed by atoms with Gasteiger partial charge in [0.15, 0.2) is 0 Å². The van der Waals surface area contributed by atoms with Gasteiger partial charge >= 0.3 is 13.1 Å². The predicted molar refractivity (Wildman–Crippen MR) is 139 cm³/mol. The Morgan fingerprint density at radius 2 is 1.89 bits per heavy atom. The Morgan fingerprint density at radius 1 is 1.17 bits per heavy atom. The number of carbonyl (C=O) groups is 2. The zero-order valence-corrected chi connectivity index (χ0v) is 22.5. The van der Waals surface area contributed by atoms with Crippen LogP contribution in [0.1, 0.15) is 83.3 Å². The van der Waals surface area contributed by atoms with E-state index in [0.29, 0.717) is 13.2 Å². The standard InChI is InChI=1S/C28H40BNO5/c1-9-28(7,8)35-29(34-10-2)24-12-11-13-25(23(24)18-33-19(3)31)30-17-20-16-21(27(4,5)6)14-15-22(20)26(30)32/h11-16,23-24H,9-10,17-18H2,1-8H3. The fraction of sp³-hybridized carbons (Fsp3) is 0.571. The topological polar surface area (TPSA) is 65.1 Å². The maximum atomic E-state index is 13.5. The van der Waals surface area contributed by atoms with E-state index in [4.69, 9.17) is 14.0 Å². The highest BCUT2D eigenvalue weighted by molar-refractivity contribution is 6.47. The number of esters is 1. The first-order chi connectivity index (χ1) is 16.4. The summed E-state index contributed by atoms with van der Waals surface area (Å²) in [6, 6.07) is 6.12. The van der Waals surface area contributed by atoms with E-state index in [-0.39, 0.29) is 41.2 Å². The first-order valence-corrected chi connectivity index (χ1v) is 12.6. The molecule has 1 aromatic carbocycles. The molecular formula is C28H40BNO5. The van der Waals surface area contributed by atoms with Crippen LogP contribution in [0.2, 0.25) is 5.82 Å². The quantitative estimate of drug-likeness (QED) is 0.336. The third-order valence-electron chi connectivity index (χ3n) is 6.93. The summed E-state index contributed by atoms with van der Waals surface area (Å²) in [6.45, 7) is 17.1. The molecule has 6 nitrogen and oxygen atoms in total. The largest absolute Gasteiger partial charge is 0.465 e. The number of hydrogen-bond acceptors (Lipinski definition) is 5. The van der Waals surface area contributed by atoms with Crippen molar-refractivity contribution in [2.24, 2.45) is 5.92 Å². The molecular weight excluding hydrogens is 441 g/mol. The molecule has 190 valence electrons. The van der Waals surface area contributed by atoms with Gasteiger partial charge in [-0.15, -0.1) is 0 Å². The number of hydrogen-bond donors (Lipinski definition) is 0. The zero-order chi connectivity index (χ0) is 26.0. The molecule has 3 rings (SSSR count). The van der Waals surface area contributed by atoms with Gasteiger partial charge in [-0.3, -0.25) is 9.59 Å². The van der Waals surface area contributed by atoms with Gasteiger partial charge in [0, 0.05) is 42.1 Å². The summed E-state index contributed by atoms with van der Waals surface area (Å²) in [6.07, 6.45) is 6.76. The van der Waals surface area contributed by atoms with Crippen molar-refractivity contribution in [1.29, 1.82) is 0 Å². The molecule has 1 aliphatic carbocycles. The van der Waals surface area contributed by atoms with E-state index in [0.717, 1.165) is 23.2 Å². The van der Waals surface area contributed by atoms with E-state index in [1.54, 1.807) is 0 Å². The van der Waals surface area contributed by atoms with Crippen LogP contribution in [-0.4, -0.2) is 42.7 Å². The molecule has 2 atom stereocenters. The Labute approximate surface area is 210 Å². The van der Waals surface area contributed by atoms with Crippen LogP contribution in [0.5, 0.6) is 0 Å².